The normalized spacial score (nSPS) is 11.8. The van der Waals surface area contributed by atoms with Crippen LogP contribution in [0.5, 0.6) is 0 Å². The minimum atomic E-state index is -0.515. The molecule has 0 aliphatic heterocycles. The highest BCUT2D eigenvalue weighted by atomic mass is 79.9. The van der Waals surface area contributed by atoms with Crippen molar-refractivity contribution < 1.29 is 4.74 Å². The van der Waals surface area contributed by atoms with E-state index in [0.29, 0.717) is 11.6 Å². The van der Waals surface area contributed by atoms with E-state index < -0.39 is 5.60 Å². The first-order chi connectivity index (χ1) is 6.92. The van der Waals surface area contributed by atoms with Gasteiger partial charge in [-0.3, -0.25) is 0 Å². The number of halogens is 1. The van der Waals surface area contributed by atoms with Crippen LogP contribution in [0.15, 0.2) is 4.47 Å². The second-order valence-corrected chi connectivity index (χ2v) is 4.55. The Morgan fingerprint density at radius 3 is 2.47 bits per heavy atom. The van der Waals surface area contributed by atoms with E-state index in [1.165, 1.54) is 0 Å². The summed E-state index contributed by atoms with van der Waals surface area (Å²) in [4.78, 5) is 8.65. The van der Waals surface area contributed by atoms with Crippen molar-refractivity contribution in [3.8, 4) is 0 Å². The first-order valence-corrected chi connectivity index (χ1v) is 5.59. The van der Waals surface area contributed by atoms with Gasteiger partial charge in [0, 0.05) is 7.11 Å². The third-order valence-corrected chi connectivity index (χ3v) is 3.19. The summed E-state index contributed by atoms with van der Waals surface area (Å²) in [7, 11) is 1.63. The average molecular weight is 274 g/mol. The zero-order chi connectivity index (χ0) is 11.6. The lowest BCUT2D eigenvalue weighted by molar-refractivity contribution is 0.0114. The molecule has 0 radical (unpaired) electrons. The minimum absolute atomic E-state index is 0.460. The summed E-state index contributed by atoms with van der Waals surface area (Å²) in [6.07, 6.45) is 0.806. The van der Waals surface area contributed by atoms with Crippen molar-refractivity contribution in [1.82, 2.24) is 9.97 Å². The van der Waals surface area contributed by atoms with Crippen LogP contribution >= 0.6 is 15.9 Å². The van der Waals surface area contributed by atoms with E-state index >= 15 is 0 Å². The van der Waals surface area contributed by atoms with E-state index in [1.807, 2.05) is 20.8 Å². The first-order valence-electron chi connectivity index (χ1n) is 4.80. The largest absolute Gasteiger partial charge is 0.383 e. The zero-order valence-corrected chi connectivity index (χ0v) is 11.1. The topological polar surface area (TPSA) is 61.0 Å². The number of nitrogen functional groups attached to an aromatic ring is 1. The number of nitrogens with two attached hydrogens (primary N) is 1. The van der Waals surface area contributed by atoms with E-state index in [-0.39, 0.29) is 0 Å². The Hall–Kier alpha value is -0.680. The molecule has 0 aromatic carbocycles. The van der Waals surface area contributed by atoms with Gasteiger partial charge in [0.2, 0.25) is 0 Å². The molecule has 0 spiro atoms. The van der Waals surface area contributed by atoms with Crippen LogP contribution in [0.25, 0.3) is 0 Å². The summed E-state index contributed by atoms with van der Waals surface area (Å²) in [5.41, 5.74) is 6.18. The molecule has 0 bridgehead atoms. The lowest BCUT2D eigenvalue weighted by atomic mass is 10.1. The van der Waals surface area contributed by atoms with E-state index in [2.05, 4.69) is 25.9 Å². The summed E-state index contributed by atoms with van der Waals surface area (Å²) < 4.78 is 6.10. The monoisotopic (exact) mass is 273 g/mol. The van der Waals surface area contributed by atoms with Gasteiger partial charge in [-0.05, 0) is 36.2 Å². The summed E-state index contributed by atoms with van der Waals surface area (Å²) in [5.74, 6) is 1.07. The Morgan fingerprint density at radius 1 is 1.40 bits per heavy atom. The zero-order valence-electron chi connectivity index (χ0n) is 9.47. The Bertz CT molecular complexity index is 366. The van der Waals surface area contributed by atoms with Gasteiger partial charge in [0.05, 0.1) is 10.2 Å². The SMILES string of the molecule is CCc1nc(C(C)(C)OC)nc(N)c1Br. The van der Waals surface area contributed by atoms with Crippen LogP contribution in [0.1, 0.15) is 32.3 Å². The smallest absolute Gasteiger partial charge is 0.162 e. The Balaban J connectivity index is 3.28. The van der Waals surface area contributed by atoms with Crippen molar-refractivity contribution in [1.29, 1.82) is 0 Å². The summed E-state index contributed by atoms with van der Waals surface area (Å²) in [6, 6.07) is 0. The molecule has 84 valence electrons. The highest BCUT2D eigenvalue weighted by Crippen LogP contribution is 2.27. The molecule has 0 aliphatic carbocycles. The molecular weight excluding hydrogens is 258 g/mol. The molecule has 0 aliphatic rings. The fourth-order valence-corrected chi connectivity index (χ4v) is 1.57. The second kappa shape index (κ2) is 4.45. The predicted molar refractivity (Wildman–Crippen MR) is 63.6 cm³/mol. The first kappa shape index (κ1) is 12.4. The quantitative estimate of drug-likeness (QED) is 0.918. The van der Waals surface area contributed by atoms with Gasteiger partial charge in [0.25, 0.3) is 0 Å². The van der Waals surface area contributed by atoms with E-state index in [0.717, 1.165) is 16.6 Å². The molecule has 0 unspecified atom stereocenters. The highest BCUT2D eigenvalue weighted by molar-refractivity contribution is 9.10. The molecule has 2 N–H and O–H groups in total. The molecule has 15 heavy (non-hydrogen) atoms. The number of aryl methyl sites for hydroxylation is 1. The number of hydrogen-bond acceptors (Lipinski definition) is 4. The lowest BCUT2D eigenvalue weighted by Gasteiger charge is -2.22. The fourth-order valence-electron chi connectivity index (χ4n) is 1.11. The molecule has 0 amide bonds. The van der Waals surface area contributed by atoms with Crippen molar-refractivity contribution in [3.05, 3.63) is 16.0 Å². The van der Waals surface area contributed by atoms with Crippen LogP contribution in [-0.2, 0) is 16.8 Å². The average Bonchev–Trinajstić information content (AvgIpc) is 2.21. The number of rotatable bonds is 3. The summed E-state index contributed by atoms with van der Waals surface area (Å²) in [5, 5.41) is 0. The second-order valence-electron chi connectivity index (χ2n) is 3.76. The van der Waals surface area contributed by atoms with Crippen molar-refractivity contribution in [2.24, 2.45) is 0 Å². The fraction of sp³-hybridized carbons (Fsp3) is 0.600. The third kappa shape index (κ3) is 2.46. The van der Waals surface area contributed by atoms with Gasteiger partial charge in [0.15, 0.2) is 5.82 Å². The number of hydrogen-bond donors (Lipinski definition) is 1. The number of ether oxygens (including phenoxy) is 1. The van der Waals surface area contributed by atoms with Crippen LogP contribution in [0, 0.1) is 0 Å². The molecule has 0 atom stereocenters. The minimum Gasteiger partial charge on any atom is -0.383 e. The van der Waals surface area contributed by atoms with Gasteiger partial charge in [-0.1, -0.05) is 6.92 Å². The van der Waals surface area contributed by atoms with Crippen molar-refractivity contribution in [3.63, 3.8) is 0 Å². The van der Waals surface area contributed by atoms with E-state index in [1.54, 1.807) is 7.11 Å². The van der Waals surface area contributed by atoms with Crippen LogP contribution in [-0.4, -0.2) is 17.1 Å². The van der Waals surface area contributed by atoms with Crippen molar-refractivity contribution in [2.75, 3.05) is 12.8 Å². The third-order valence-electron chi connectivity index (χ3n) is 2.33. The number of methoxy groups -OCH3 is 1. The molecule has 0 fully saturated rings. The summed E-state index contributed by atoms with van der Waals surface area (Å²) in [6.45, 7) is 5.85. The highest BCUT2D eigenvalue weighted by Gasteiger charge is 2.25. The molecule has 0 saturated heterocycles. The molecule has 5 heteroatoms. The van der Waals surface area contributed by atoms with Gasteiger partial charge in [-0.25, -0.2) is 9.97 Å². The molecule has 1 heterocycles. The number of anilines is 1. The van der Waals surface area contributed by atoms with Gasteiger partial charge in [0.1, 0.15) is 11.4 Å². The molecule has 1 rings (SSSR count). The maximum absolute atomic E-state index is 5.79. The maximum Gasteiger partial charge on any atom is 0.162 e. The van der Waals surface area contributed by atoms with Gasteiger partial charge < -0.3 is 10.5 Å². The van der Waals surface area contributed by atoms with E-state index in [9.17, 15) is 0 Å². The Morgan fingerprint density at radius 2 is 2.00 bits per heavy atom. The standard InChI is InChI=1S/C10H16BrN3O/c1-5-6-7(11)8(12)14-9(13-6)10(2,3)15-4/h5H2,1-4H3,(H2,12,13,14). The molecule has 1 aromatic rings. The Kier molecular flexibility index (Phi) is 3.67. The van der Waals surface area contributed by atoms with Crippen LogP contribution in [0.3, 0.4) is 0 Å². The van der Waals surface area contributed by atoms with E-state index in [4.69, 9.17) is 10.5 Å². The van der Waals surface area contributed by atoms with Crippen molar-refractivity contribution in [2.45, 2.75) is 32.8 Å². The van der Waals surface area contributed by atoms with Crippen molar-refractivity contribution >= 4 is 21.7 Å². The molecular formula is C10H16BrN3O. The summed E-state index contributed by atoms with van der Waals surface area (Å²) >= 11 is 3.37. The van der Waals surface area contributed by atoms with Crippen LogP contribution < -0.4 is 5.73 Å². The lowest BCUT2D eigenvalue weighted by Crippen LogP contribution is -2.24. The molecule has 1 aromatic heterocycles. The van der Waals surface area contributed by atoms with Crippen LogP contribution in [0.2, 0.25) is 0 Å². The Labute approximate surface area is 98.4 Å². The van der Waals surface area contributed by atoms with Gasteiger partial charge >= 0.3 is 0 Å². The molecule has 0 saturated carbocycles. The number of nitrogens with zero attached hydrogens (tertiary/aromatic N) is 2. The molecule has 4 nitrogen and oxygen atoms in total. The number of aromatic nitrogens is 2. The van der Waals surface area contributed by atoms with Crippen LogP contribution in [0.4, 0.5) is 5.82 Å². The van der Waals surface area contributed by atoms with Gasteiger partial charge in [-0.15, -0.1) is 0 Å². The predicted octanol–water partition coefficient (Wildman–Crippen LogP) is 2.27. The van der Waals surface area contributed by atoms with Gasteiger partial charge in [-0.2, -0.15) is 0 Å². The maximum atomic E-state index is 5.79.